The van der Waals surface area contributed by atoms with Crippen LogP contribution in [0.15, 0.2) is 76.3 Å². The quantitative estimate of drug-likeness (QED) is 0.258. The zero-order chi connectivity index (χ0) is 20.8. The van der Waals surface area contributed by atoms with E-state index in [1.165, 1.54) is 24.4 Å². The van der Waals surface area contributed by atoms with Crippen molar-refractivity contribution in [2.75, 3.05) is 0 Å². The van der Waals surface area contributed by atoms with Crippen LogP contribution in [0.4, 0.5) is 4.39 Å². The van der Waals surface area contributed by atoms with Crippen molar-refractivity contribution in [2.45, 2.75) is 6.92 Å². The number of esters is 1. The number of hydrogen-bond acceptors (Lipinski definition) is 4. The Kier molecular flexibility index (Phi) is 6.51. The molecule has 0 aliphatic carbocycles. The van der Waals surface area contributed by atoms with Crippen molar-refractivity contribution < 1.29 is 18.7 Å². The molecular weight excluding hydrogens is 439 g/mol. The molecule has 0 fully saturated rings. The van der Waals surface area contributed by atoms with Crippen LogP contribution < -0.4 is 10.2 Å². The predicted octanol–water partition coefficient (Wildman–Crippen LogP) is 4.88. The van der Waals surface area contributed by atoms with Gasteiger partial charge in [-0.1, -0.05) is 45.8 Å². The number of hydrogen-bond donors (Lipinski definition) is 1. The van der Waals surface area contributed by atoms with Gasteiger partial charge in [-0.15, -0.1) is 0 Å². The molecule has 0 unspecified atom stereocenters. The number of nitrogens with one attached hydrogen (secondary N) is 1. The van der Waals surface area contributed by atoms with Crippen LogP contribution in [-0.2, 0) is 0 Å². The number of carbonyl (C=O) groups excluding carboxylic acids is 2. The third-order valence-electron chi connectivity index (χ3n) is 3.92. The Hall–Kier alpha value is -3.32. The summed E-state index contributed by atoms with van der Waals surface area (Å²) in [5, 5.41) is 3.85. The molecular formula is C22H16BrFN2O3. The minimum Gasteiger partial charge on any atom is -0.422 e. The summed E-state index contributed by atoms with van der Waals surface area (Å²) in [5.41, 5.74) is 3.95. The van der Waals surface area contributed by atoms with Gasteiger partial charge in [0.25, 0.3) is 5.91 Å². The first-order chi connectivity index (χ1) is 13.9. The number of amides is 1. The smallest absolute Gasteiger partial charge is 0.343 e. The maximum absolute atomic E-state index is 13.7. The molecule has 0 bridgehead atoms. The number of aryl methyl sites for hydroxylation is 1. The fourth-order valence-corrected chi connectivity index (χ4v) is 2.89. The highest BCUT2D eigenvalue weighted by molar-refractivity contribution is 9.10. The number of ether oxygens (including phenoxy) is 1. The molecule has 146 valence electrons. The van der Waals surface area contributed by atoms with Crippen LogP contribution in [0.25, 0.3) is 0 Å². The Morgan fingerprint density at radius 2 is 1.86 bits per heavy atom. The lowest BCUT2D eigenvalue weighted by Gasteiger charge is -2.08. The highest BCUT2D eigenvalue weighted by Crippen LogP contribution is 2.23. The van der Waals surface area contributed by atoms with Crippen LogP contribution in [0.2, 0.25) is 0 Å². The predicted molar refractivity (Wildman–Crippen MR) is 112 cm³/mol. The van der Waals surface area contributed by atoms with E-state index in [0.29, 0.717) is 11.1 Å². The maximum atomic E-state index is 13.7. The first-order valence-electron chi connectivity index (χ1n) is 8.60. The van der Waals surface area contributed by atoms with E-state index in [4.69, 9.17) is 4.74 Å². The minimum absolute atomic E-state index is 0.120. The number of carbonyl (C=O) groups is 2. The molecule has 3 aromatic carbocycles. The van der Waals surface area contributed by atoms with Gasteiger partial charge < -0.3 is 4.74 Å². The molecule has 0 heterocycles. The highest BCUT2D eigenvalue weighted by Gasteiger charge is 2.13. The summed E-state index contributed by atoms with van der Waals surface area (Å²) < 4.78 is 19.9. The Bertz CT molecular complexity index is 1100. The van der Waals surface area contributed by atoms with Gasteiger partial charge in [0.15, 0.2) is 0 Å². The number of nitrogens with zero attached hydrogens (tertiary/aromatic N) is 1. The average molecular weight is 455 g/mol. The number of halogens is 2. The fraction of sp³-hybridized carbons (Fsp3) is 0.0455. The van der Waals surface area contributed by atoms with Crippen LogP contribution in [0.5, 0.6) is 5.75 Å². The van der Waals surface area contributed by atoms with Gasteiger partial charge in [-0.2, -0.15) is 5.10 Å². The molecule has 0 atom stereocenters. The molecule has 1 N–H and O–H groups in total. The monoisotopic (exact) mass is 454 g/mol. The van der Waals surface area contributed by atoms with E-state index in [0.717, 1.165) is 10.0 Å². The van der Waals surface area contributed by atoms with Crippen LogP contribution in [-0.4, -0.2) is 18.1 Å². The molecule has 0 aliphatic heterocycles. The van der Waals surface area contributed by atoms with E-state index < -0.39 is 17.7 Å². The standard InChI is InChI=1S/C22H16BrFN2O3/c1-14-5-4-6-15(11-14)22(28)29-20-10-9-17(23)12-16(20)13-25-26-21(27)18-7-2-3-8-19(18)24/h2-13H,1H3,(H,26,27). The lowest BCUT2D eigenvalue weighted by atomic mass is 10.1. The largest absolute Gasteiger partial charge is 0.422 e. The van der Waals surface area contributed by atoms with Gasteiger partial charge in [0, 0.05) is 10.0 Å². The summed E-state index contributed by atoms with van der Waals surface area (Å²) in [6.45, 7) is 1.88. The third kappa shape index (κ3) is 5.36. The topological polar surface area (TPSA) is 67.8 Å². The molecule has 0 spiro atoms. The summed E-state index contributed by atoms with van der Waals surface area (Å²) in [5.74, 6) is -1.58. The Morgan fingerprint density at radius 1 is 1.07 bits per heavy atom. The molecule has 3 rings (SSSR count). The van der Waals surface area contributed by atoms with E-state index in [2.05, 4.69) is 26.5 Å². The van der Waals surface area contributed by atoms with Crippen molar-refractivity contribution in [3.63, 3.8) is 0 Å². The Balaban J connectivity index is 1.76. The molecule has 7 heteroatoms. The van der Waals surface area contributed by atoms with Crippen molar-refractivity contribution >= 4 is 34.0 Å². The van der Waals surface area contributed by atoms with E-state index in [9.17, 15) is 14.0 Å². The normalized spacial score (nSPS) is 10.7. The molecule has 1 amide bonds. The van der Waals surface area contributed by atoms with Crippen molar-refractivity contribution in [3.05, 3.63) is 99.3 Å². The molecule has 0 aliphatic rings. The van der Waals surface area contributed by atoms with Gasteiger partial charge in [0.2, 0.25) is 0 Å². The third-order valence-corrected chi connectivity index (χ3v) is 4.41. The zero-order valence-electron chi connectivity index (χ0n) is 15.4. The van der Waals surface area contributed by atoms with Gasteiger partial charge in [-0.25, -0.2) is 14.6 Å². The van der Waals surface area contributed by atoms with Crippen molar-refractivity contribution in [3.8, 4) is 5.75 Å². The first kappa shape index (κ1) is 20.4. The second-order valence-corrected chi connectivity index (χ2v) is 7.04. The zero-order valence-corrected chi connectivity index (χ0v) is 16.9. The SMILES string of the molecule is Cc1cccc(C(=O)Oc2ccc(Br)cc2C=NNC(=O)c2ccccc2F)c1. The molecule has 0 saturated carbocycles. The second-order valence-electron chi connectivity index (χ2n) is 6.12. The number of hydrazone groups is 1. The maximum Gasteiger partial charge on any atom is 0.343 e. The van der Waals surface area contributed by atoms with Crippen molar-refractivity contribution in [1.29, 1.82) is 0 Å². The summed E-state index contributed by atoms with van der Waals surface area (Å²) in [6, 6.07) is 17.6. The van der Waals surface area contributed by atoms with E-state index in [-0.39, 0.29) is 11.3 Å². The van der Waals surface area contributed by atoms with Gasteiger partial charge in [-0.05, 0) is 49.4 Å². The highest BCUT2D eigenvalue weighted by atomic mass is 79.9. The second kappa shape index (κ2) is 9.25. The Labute approximate surface area is 175 Å². The van der Waals surface area contributed by atoms with E-state index >= 15 is 0 Å². The lowest BCUT2D eigenvalue weighted by Crippen LogP contribution is -2.19. The molecule has 0 radical (unpaired) electrons. The summed E-state index contributed by atoms with van der Waals surface area (Å²) >= 11 is 3.35. The average Bonchev–Trinajstić information content (AvgIpc) is 2.70. The fourth-order valence-electron chi connectivity index (χ4n) is 2.51. The number of benzene rings is 3. The van der Waals surface area contributed by atoms with Crippen LogP contribution in [0.3, 0.4) is 0 Å². The van der Waals surface area contributed by atoms with Crippen LogP contribution in [0, 0.1) is 12.7 Å². The van der Waals surface area contributed by atoms with E-state index in [1.54, 1.807) is 42.5 Å². The summed E-state index contributed by atoms with van der Waals surface area (Å²) in [6.07, 6.45) is 1.32. The molecule has 3 aromatic rings. The molecule has 0 saturated heterocycles. The van der Waals surface area contributed by atoms with Crippen molar-refractivity contribution in [1.82, 2.24) is 5.43 Å². The minimum atomic E-state index is -0.687. The first-order valence-corrected chi connectivity index (χ1v) is 9.39. The van der Waals surface area contributed by atoms with Crippen molar-refractivity contribution in [2.24, 2.45) is 5.10 Å². The van der Waals surface area contributed by atoms with Crippen LogP contribution >= 0.6 is 15.9 Å². The lowest BCUT2D eigenvalue weighted by molar-refractivity contribution is 0.0734. The van der Waals surface area contributed by atoms with Gasteiger partial charge >= 0.3 is 5.97 Å². The molecule has 5 nitrogen and oxygen atoms in total. The molecule has 29 heavy (non-hydrogen) atoms. The van der Waals surface area contributed by atoms with Gasteiger partial charge in [0.1, 0.15) is 11.6 Å². The van der Waals surface area contributed by atoms with Gasteiger partial charge in [-0.3, -0.25) is 4.79 Å². The molecule has 0 aromatic heterocycles. The summed E-state index contributed by atoms with van der Waals surface area (Å²) in [4.78, 5) is 24.5. The van der Waals surface area contributed by atoms with E-state index in [1.807, 2.05) is 13.0 Å². The van der Waals surface area contributed by atoms with Gasteiger partial charge in [0.05, 0.1) is 17.3 Å². The van der Waals surface area contributed by atoms with Crippen LogP contribution in [0.1, 0.15) is 31.8 Å². The summed E-state index contributed by atoms with van der Waals surface area (Å²) in [7, 11) is 0. The Morgan fingerprint density at radius 3 is 2.62 bits per heavy atom. The number of rotatable bonds is 5.